The van der Waals surface area contributed by atoms with Gasteiger partial charge in [-0.15, -0.1) is 0 Å². The topological polar surface area (TPSA) is 72.6 Å². The average molecular weight is 310 g/mol. The molecule has 0 fully saturated rings. The molecule has 2 N–H and O–H groups in total. The van der Waals surface area contributed by atoms with Crippen LogP contribution in [0.25, 0.3) is 0 Å². The van der Waals surface area contributed by atoms with E-state index in [1.54, 1.807) is 19.2 Å². The van der Waals surface area contributed by atoms with E-state index >= 15 is 0 Å². The van der Waals surface area contributed by atoms with Crippen molar-refractivity contribution in [3.63, 3.8) is 0 Å². The van der Waals surface area contributed by atoms with Gasteiger partial charge in [-0.05, 0) is 24.6 Å². The highest BCUT2D eigenvalue weighted by molar-refractivity contribution is 7.89. The molecule has 0 radical (unpaired) electrons. The SMILES string of the molecule is CCCCN(C)S(=O)(=O)c1cc(C#CCN)ccc1OC. The summed E-state index contributed by atoms with van der Waals surface area (Å²) in [4.78, 5) is 0.132. The molecular weight excluding hydrogens is 288 g/mol. The molecule has 0 unspecified atom stereocenters. The van der Waals surface area contributed by atoms with Gasteiger partial charge in [0.05, 0.1) is 13.7 Å². The van der Waals surface area contributed by atoms with Crippen molar-refractivity contribution in [2.75, 3.05) is 27.2 Å². The zero-order chi connectivity index (χ0) is 15.9. The molecule has 0 spiro atoms. The Balaban J connectivity index is 3.25. The maximum absolute atomic E-state index is 12.6. The number of nitrogens with two attached hydrogens (primary N) is 1. The van der Waals surface area contributed by atoms with Gasteiger partial charge >= 0.3 is 0 Å². The Labute approximate surface area is 127 Å². The van der Waals surface area contributed by atoms with E-state index in [2.05, 4.69) is 11.8 Å². The van der Waals surface area contributed by atoms with E-state index in [0.717, 1.165) is 12.8 Å². The Hall–Kier alpha value is -1.55. The van der Waals surface area contributed by atoms with Crippen molar-refractivity contribution in [2.24, 2.45) is 5.73 Å². The van der Waals surface area contributed by atoms with Crippen LogP contribution in [0.3, 0.4) is 0 Å². The molecule has 0 saturated heterocycles. The van der Waals surface area contributed by atoms with Gasteiger partial charge in [0.1, 0.15) is 10.6 Å². The third kappa shape index (κ3) is 4.46. The van der Waals surface area contributed by atoms with Crippen LogP contribution >= 0.6 is 0 Å². The molecular formula is C15H22N2O3S. The number of unbranched alkanes of at least 4 members (excludes halogenated alkanes) is 1. The van der Waals surface area contributed by atoms with E-state index in [-0.39, 0.29) is 11.4 Å². The third-order valence-electron chi connectivity index (χ3n) is 3.01. The number of hydrogen-bond acceptors (Lipinski definition) is 4. The lowest BCUT2D eigenvalue weighted by molar-refractivity contribution is 0.397. The molecule has 0 saturated carbocycles. The van der Waals surface area contributed by atoms with E-state index < -0.39 is 10.0 Å². The number of ether oxygens (including phenoxy) is 1. The van der Waals surface area contributed by atoms with E-state index in [4.69, 9.17) is 10.5 Å². The summed E-state index contributed by atoms with van der Waals surface area (Å²) in [7, 11) is -0.570. The van der Waals surface area contributed by atoms with Crippen molar-refractivity contribution < 1.29 is 13.2 Å². The van der Waals surface area contributed by atoms with Crippen molar-refractivity contribution >= 4 is 10.0 Å². The largest absolute Gasteiger partial charge is 0.495 e. The van der Waals surface area contributed by atoms with Crippen molar-refractivity contribution in [3.8, 4) is 17.6 Å². The zero-order valence-electron chi connectivity index (χ0n) is 12.7. The molecule has 0 amide bonds. The molecule has 0 aliphatic rings. The predicted molar refractivity (Wildman–Crippen MR) is 83.7 cm³/mol. The monoisotopic (exact) mass is 310 g/mol. The Kier molecular flexibility index (Phi) is 6.69. The Bertz CT molecular complexity index is 630. The summed E-state index contributed by atoms with van der Waals surface area (Å²) >= 11 is 0. The first-order chi connectivity index (χ1) is 9.97. The Morgan fingerprint density at radius 1 is 1.38 bits per heavy atom. The second-order valence-corrected chi connectivity index (χ2v) is 6.56. The number of rotatable bonds is 6. The predicted octanol–water partition coefficient (Wildman–Crippen LogP) is 1.43. The lowest BCUT2D eigenvalue weighted by Crippen LogP contribution is -2.28. The van der Waals surface area contributed by atoms with Crippen LogP contribution in [0.4, 0.5) is 0 Å². The van der Waals surface area contributed by atoms with Crippen LogP contribution in [0.2, 0.25) is 0 Å². The molecule has 116 valence electrons. The first-order valence-corrected chi connectivity index (χ1v) is 8.24. The molecule has 1 aromatic rings. The minimum Gasteiger partial charge on any atom is -0.495 e. The van der Waals surface area contributed by atoms with Crippen LogP contribution in [0, 0.1) is 11.8 Å². The van der Waals surface area contributed by atoms with Crippen LogP contribution in [0.15, 0.2) is 23.1 Å². The molecule has 5 nitrogen and oxygen atoms in total. The van der Waals surface area contributed by atoms with E-state index in [0.29, 0.717) is 17.9 Å². The lowest BCUT2D eigenvalue weighted by atomic mass is 10.2. The highest BCUT2D eigenvalue weighted by Gasteiger charge is 2.24. The fourth-order valence-electron chi connectivity index (χ4n) is 1.78. The van der Waals surface area contributed by atoms with Crippen LogP contribution in [0.1, 0.15) is 25.3 Å². The Morgan fingerprint density at radius 2 is 2.10 bits per heavy atom. The first kappa shape index (κ1) is 17.5. The van der Waals surface area contributed by atoms with Gasteiger partial charge < -0.3 is 10.5 Å². The van der Waals surface area contributed by atoms with Gasteiger partial charge in [-0.3, -0.25) is 0 Å². The van der Waals surface area contributed by atoms with Crippen LogP contribution in [-0.2, 0) is 10.0 Å². The van der Waals surface area contributed by atoms with Gasteiger partial charge in [0.25, 0.3) is 0 Å². The second-order valence-electron chi connectivity index (χ2n) is 4.55. The molecule has 0 heterocycles. The molecule has 21 heavy (non-hydrogen) atoms. The maximum Gasteiger partial charge on any atom is 0.246 e. The first-order valence-electron chi connectivity index (χ1n) is 6.80. The van der Waals surface area contributed by atoms with Crippen molar-refractivity contribution in [2.45, 2.75) is 24.7 Å². The van der Waals surface area contributed by atoms with E-state index in [1.165, 1.54) is 17.5 Å². The highest BCUT2D eigenvalue weighted by Crippen LogP contribution is 2.27. The van der Waals surface area contributed by atoms with Crippen molar-refractivity contribution in [1.82, 2.24) is 4.31 Å². The van der Waals surface area contributed by atoms with Gasteiger partial charge in [-0.2, -0.15) is 0 Å². The van der Waals surface area contributed by atoms with Gasteiger partial charge in [0.15, 0.2) is 0 Å². The minimum atomic E-state index is -3.59. The standard InChI is InChI=1S/C15H22N2O3S/c1-4-5-11-17(2)21(18,19)15-12-13(7-6-10-16)8-9-14(15)20-3/h8-9,12H,4-5,10-11,16H2,1-3H3. The summed E-state index contributed by atoms with van der Waals surface area (Å²) in [5.41, 5.74) is 5.94. The fourth-order valence-corrected chi connectivity index (χ4v) is 3.16. The van der Waals surface area contributed by atoms with E-state index in [9.17, 15) is 8.42 Å². The maximum atomic E-state index is 12.6. The third-order valence-corrected chi connectivity index (χ3v) is 4.89. The van der Waals surface area contributed by atoms with Crippen molar-refractivity contribution in [3.05, 3.63) is 23.8 Å². The molecule has 1 aromatic carbocycles. The molecule has 1 rings (SSSR count). The average Bonchev–Trinajstić information content (AvgIpc) is 2.50. The number of methoxy groups -OCH3 is 1. The summed E-state index contributed by atoms with van der Waals surface area (Å²) in [5, 5.41) is 0. The zero-order valence-corrected chi connectivity index (χ0v) is 13.5. The molecule has 0 aromatic heterocycles. The van der Waals surface area contributed by atoms with E-state index in [1.807, 2.05) is 6.92 Å². The summed E-state index contributed by atoms with van der Waals surface area (Å²) in [5.74, 6) is 5.87. The summed E-state index contributed by atoms with van der Waals surface area (Å²) in [6.45, 7) is 2.72. The molecule has 0 bridgehead atoms. The van der Waals surface area contributed by atoms with Gasteiger partial charge in [0.2, 0.25) is 10.0 Å². The van der Waals surface area contributed by atoms with Gasteiger partial charge in [0, 0.05) is 19.2 Å². The van der Waals surface area contributed by atoms with Crippen molar-refractivity contribution in [1.29, 1.82) is 0 Å². The van der Waals surface area contributed by atoms with Crippen LogP contribution in [0.5, 0.6) is 5.75 Å². The van der Waals surface area contributed by atoms with Gasteiger partial charge in [-0.1, -0.05) is 25.2 Å². The number of sulfonamides is 1. The molecule has 0 aliphatic carbocycles. The number of hydrogen-bond donors (Lipinski definition) is 1. The molecule has 0 aliphatic heterocycles. The van der Waals surface area contributed by atoms with Gasteiger partial charge in [-0.25, -0.2) is 12.7 Å². The fraction of sp³-hybridized carbons (Fsp3) is 0.467. The normalized spacial score (nSPS) is 11.1. The van der Waals surface area contributed by atoms with Crippen LogP contribution < -0.4 is 10.5 Å². The second kappa shape index (κ2) is 8.03. The summed E-state index contributed by atoms with van der Waals surface area (Å²) < 4.78 is 31.7. The summed E-state index contributed by atoms with van der Waals surface area (Å²) in [6.07, 6.45) is 1.74. The van der Waals surface area contributed by atoms with Crippen LogP contribution in [-0.4, -0.2) is 40.0 Å². The number of nitrogens with zero attached hydrogens (tertiary/aromatic N) is 1. The Morgan fingerprint density at radius 3 is 2.67 bits per heavy atom. The molecule has 0 atom stereocenters. The highest BCUT2D eigenvalue weighted by atomic mass is 32.2. The lowest BCUT2D eigenvalue weighted by Gasteiger charge is -2.18. The smallest absolute Gasteiger partial charge is 0.246 e. The molecule has 6 heteroatoms. The minimum absolute atomic E-state index is 0.132. The summed E-state index contributed by atoms with van der Waals surface area (Å²) in [6, 6.07) is 4.85. The number of benzene rings is 1. The quantitative estimate of drug-likeness (QED) is 0.807.